The number of amides is 1. The fraction of sp³-hybridized carbons (Fsp3) is 0.0833. The molecule has 0 radical (unpaired) electrons. The van der Waals surface area contributed by atoms with Crippen molar-refractivity contribution in [3.05, 3.63) is 44.9 Å². The summed E-state index contributed by atoms with van der Waals surface area (Å²) in [5, 5.41) is 14.0. The van der Waals surface area contributed by atoms with Crippen molar-refractivity contribution in [3.63, 3.8) is 0 Å². The van der Waals surface area contributed by atoms with Crippen LogP contribution in [0.4, 0.5) is 5.69 Å². The molecule has 0 fully saturated rings. The molecule has 1 aromatic heterocycles. The summed E-state index contributed by atoms with van der Waals surface area (Å²) in [7, 11) is 0. The largest absolute Gasteiger partial charge is 0.325 e. The number of thiazole rings is 1. The molecule has 0 unspecified atom stereocenters. The molecule has 1 amide bonds. The SMILES string of the molecule is N#Cc1ccc(NC(=O)c2csc(CN)n2)c(Cl)c1. The highest BCUT2D eigenvalue weighted by atomic mass is 35.5. The summed E-state index contributed by atoms with van der Waals surface area (Å²) in [5.74, 6) is -0.359. The predicted molar refractivity (Wildman–Crippen MR) is 74.1 cm³/mol. The minimum atomic E-state index is -0.359. The Morgan fingerprint density at radius 3 is 2.95 bits per heavy atom. The highest BCUT2D eigenvalue weighted by molar-refractivity contribution is 7.09. The van der Waals surface area contributed by atoms with Gasteiger partial charge in [0.2, 0.25) is 0 Å². The van der Waals surface area contributed by atoms with Crippen LogP contribution in [0.2, 0.25) is 5.02 Å². The zero-order valence-corrected chi connectivity index (χ0v) is 11.3. The summed E-state index contributed by atoms with van der Waals surface area (Å²) >= 11 is 7.29. The van der Waals surface area contributed by atoms with Crippen molar-refractivity contribution >= 4 is 34.5 Å². The number of nitrogens with one attached hydrogen (secondary N) is 1. The molecule has 1 heterocycles. The van der Waals surface area contributed by atoms with E-state index in [1.165, 1.54) is 17.4 Å². The minimum absolute atomic E-state index is 0.297. The Morgan fingerprint density at radius 1 is 1.58 bits per heavy atom. The number of halogens is 1. The normalized spacial score (nSPS) is 9.95. The van der Waals surface area contributed by atoms with Gasteiger partial charge in [-0.2, -0.15) is 5.26 Å². The number of carbonyl (C=O) groups is 1. The van der Waals surface area contributed by atoms with Crippen molar-refractivity contribution in [2.45, 2.75) is 6.54 Å². The Kier molecular flexibility index (Phi) is 4.12. The molecular formula is C12H9ClN4OS. The molecule has 0 saturated carbocycles. The lowest BCUT2D eigenvalue weighted by molar-refractivity contribution is 0.102. The quantitative estimate of drug-likeness (QED) is 0.908. The number of carbonyl (C=O) groups excluding carboxylic acids is 1. The van der Waals surface area contributed by atoms with E-state index in [0.717, 1.165) is 0 Å². The van der Waals surface area contributed by atoms with Gasteiger partial charge in [-0.1, -0.05) is 11.6 Å². The van der Waals surface area contributed by atoms with Gasteiger partial charge < -0.3 is 11.1 Å². The third-order valence-corrected chi connectivity index (χ3v) is 3.49. The predicted octanol–water partition coefficient (Wildman–Crippen LogP) is 2.38. The first kappa shape index (κ1) is 13.5. The maximum absolute atomic E-state index is 11.9. The fourth-order valence-corrected chi connectivity index (χ4v) is 2.26. The number of nitriles is 1. The van der Waals surface area contributed by atoms with Gasteiger partial charge in [0.15, 0.2) is 0 Å². The van der Waals surface area contributed by atoms with Gasteiger partial charge in [-0.15, -0.1) is 11.3 Å². The standard InChI is InChI=1S/C12H9ClN4OS/c13-8-3-7(4-14)1-2-9(8)17-12(18)10-6-19-11(5-15)16-10/h1-3,6H,5,15H2,(H,17,18). The molecule has 0 saturated heterocycles. The van der Waals surface area contributed by atoms with Gasteiger partial charge in [-0.3, -0.25) is 4.79 Å². The van der Waals surface area contributed by atoms with E-state index in [2.05, 4.69) is 10.3 Å². The van der Waals surface area contributed by atoms with Crippen LogP contribution in [-0.4, -0.2) is 10.9 Å². The second kappa shape index (κ2) is 5.80. The topological polar surface area (TPSA) is 91.8 Å². The van der Waals surface area contributed by atoms with Crippen LogP contribution < -0.4 is 11.1 Å². The molecule has 5 nitrogen and oxygen atoms in total. The molecule has 19 heavy (non-hydrogen) atoms. The smallest absolute Gasteiger partial charge is 0.275 e. The van der Waals surface area contributed by atoms with E-state index in [4.69, 9.17) is 22.6 Å². The average Bonchev–Trinajstić information content (AvgIpc) is 2.90. The Labute approximate surface area is 118 Å². The molecule has 0 aliphatic rings. The van der Waals surface area contributed by atoms with Crippen LogP contribution in [0.1, 0.15) is 21.1 Å². The van der Waals surface area contributed by atoms with Crippen molar-refractivity contribution in [1.82, 2.24) is 4.98 Å². The number of aromatic nitrogens is 1. The number of benzene rings is 1. The molecule has 3 N–H and O–H groups in total. The monoisotopic (exact) mass is 292 g/mol. The van der Waals surface area contributed by atoms with Crippen molar-refractivity contribution in [2.24, 2.45) is 5.73 Å². The van der Waals surface area contributed by atoms with Gasteiger partial charge in [-0.05, 0) is 18.2 Å². The number of anilines is 1. The van der Waals surface area contributed by atoms with E-state index in [9.17, 15) is 4.79 Å². The molecule has 7 heteroatoms. The summed E-state index contributed by atoms with van der Waals surface area (Å²) in [5.41, 5.74) is 6.60. The van der Waals surface area contributed by atoms with Crippen molar-refractivity contribution in [1.29, 1.82) is 5.26 Å². The van der Waals surface area contributed by atoms with Crippen molar-refractivity contribution in [2.75, 3.05) is 5.32 Å². The van der Waals surface area contributed by atoms with Crippen LogP contribution in [0.25, 0.3) is 0 Å². The molecular weight excluding hydrogens is 284 g/mol. The van der Waals surface area contributed by atoms with E-state index in [-0.39, 0.29) is 5.91 Å². The maximum Gasteiger partial charge on any atom is 0.275 e. The number of hydrogen-bond acceptors (Lipinski definition) is 5. The highest BCUT2D eigenvalue weighted by Crippen LogP contribution is 2.23. The second-order valence-electron chi connectivity index (χ2n) is 3.59. The molecule has 2 rings (SSSR count). The van der Waals surface area contributed by atoms with Crippen molar-refractivity contribution < 1.29 is 4.79 Å². The first-order valence-electron chi connectivity index (χ1n) is 5.29. The Balaban J connectivity index is 2.17. The van der Waals surface area contributed by atoms with E-state index in [0.29, 0.717) is 33.5 Å². The third kappa shape index (κ3) is 3.09. The summed E-state index contributed by atoms with van der Waals surface area (Å²) in [6.07, 6.45) is 0. The average molecular weight is 293 g/mol. The molecule has 1 aromatic carbocycles. The second-order valence-corrected chi connectivity index (χ2v) is 4.94. The summed E-state index contributed by atoms with van der Waals surface area (Å²) in [6, 6.07) is 6.61. The van der Waals surface area contributed by atoms with E-state index in [1.807, 2.05) is 6.07 Å². The van der Waals surface area contributed by atoms with Crippen LogP contribution in [0, 0.1) is 11.3 Å². The van der Waals surface area contributed by atoms with Gasteiger partial charge in [0.25, 0.3) is 5.91 Å². The van der Waals surface area contributed by atoms with E-state index in [1.54, 1.807) is 17.5 Å². The number of nitrogens with zero attached hydrogens (tertiary/aromatic N) is 2. The fourth-order valence-electron chi connectivity index (χ4n) is 1.38. The number of hydrogen-bond donors (Lipinski definition) is 2. The molecule has 2 aromatic rings. The Bertz CT molecular complexity index is 662. The van der Waals surface area contributed by atoms with Crippen LogP contribution in [0.3, 0.4) is 0 Å². The van der Waals surface area contributed by atoms with Gasteiger partial charge in [0, 0.05) is 11.9 Å². The van der Waals surface area contributed by atoms with Crippen LogP contribution in [-0.2, 0) is 6.54 Å². The minimum Gasteiger partial charge on any atom is -0.325 e. The molecule has 0 aliphatic carbocycles. The van der Waals surface area contributed by atoms with E-state index >= 15 is 0 Å². The Morgan fingerprint density at radius 2 is 2.37 bits per heavy atom. The zero-order chi connectivity index (χ0) is 13.8. The third-order valence-electron chi connectivity index (χ3n) is 2.31. The molecule has 0 bridgehead atoms. The van der Waals surface area contributed by atoms with E-state index < -0.39 is 0 Å². The summed E-state index contributed by atoms with van der Waals surface area (Å²) in [4.78, 5) is 16.0. The van der Waals surface area contributed by atoms with Crippen LogP contribution in [0.15, 0.2) is 23.6 Å². The highest BCUT2D eigenvalue weighted by Gasteiger charge is 2.12. The molecule has 96 valence electrons. The zero-order valence-electron chi connectivity index (χ0n) is 9.68. The number of nitrogens with two attached hydrogens (primary N) is 1. The summed E-state index contributed by atoms with van der Waals surface area (Å²) in [6.45, 7) is 0.301. The van der Waals surface area contributed by atoms with Crippen molar-refractivity contribution in [3.8, 4) is 6.07 Å². The van der Waals surface area contributed by atoms with Crippen LogP contribution >= 0.6 is 22.9 Å². The van der Waals surface area contributed by atoms with Gasteiger partial charge >= 0.3 is 0 Å². The first-order valence-corrected chi connectivity index (χ1v) is 6.55. The number of rotatable bonds is 3. The Hall–Kier alpha value is -1.94. The lowest BCUT2D eigenvalue weighted by Crippen LogP contribution is -2.13. The van der Waals surface area contributed by atoms with Gasteiger partial charge in [0.1, 0.15) is 10.7 Å². The maximum atomic E-state index is 11.9. The molecule has 0 aliphatic heterocycles. The lowest BCUT2D eigenvalue weighted by atomic mass is 10.2. The molecule has 0 atom stereocenters. The summed E-state index contributed by atoms with van der Waals surface area (Å²) < 4.78 is 0. The van der Waals surface area contributed by atoms with Crippen LogP contribution in [0.5, 0.6) is 0 Å². The van der Waals surface area contributed by atoms with Gasteiger partial charge in [-0.25, -0.2) is 4.98 Å². The molecule has 0 spiro atoms. The van der Waals surface area contributed by atoms with Gasteiger partial charge in [0.05, 0.1) is 22.3 Å². The first-order chi connectivity index (χ1) is 9.13. The lowest BCUT2D eigenvalue weighted by Gasteiger charge is -2.05.